The predicted octanol–water partition coefficient (Wildman–Crippen LogP) is 9.06. The Labute approximate surface area is 224 Å². The third-order valence-electron chi connectivity index (χ3n) is 8.09. The third-order valence-corrected chi connectivity index (χ3v) is 8.09. The van der Waals surface area contributed by atoms with Crippen molar-refractivity contribution in [2.24, 2.45) is 0 Å². The Morgan fingerprint density at radius 1 is 0.410 bits per heavy atom. The number of pyridine rings is 1. The highest BCUT2D eigenvalue weighted by atomic mass is 15.2. The van der Waals surface area contributed by atoms with Crippen LogP contribution in [0.1, 0.15) is 0 Å². The van der Waals surface area contributed by atoms with Crippen LogP contribution in [-0.2, 0) is 0 Å². The van der Waals surface area contributed by atoms with Crippen LogP contribution >= 0.6 is 0 Å². The smallest absolute Gasteiger partial charge is 0.0790 e. The Hall–Kier alpha value is -5.35. The molecule has 0 N–H and O–H groups in total. The van der Waals surface area contributed by atoms with Crippen LogP contribution in [0.3, 0.4) is 0 Å². The molecule has 39 heavy (non-hydrogen) atoms. The SMILES string of the molecule is c1ccc(-n2c3ccccc3c3ccc4c5cccc6c5n(c4c32)-c2ccccc2N6c2cccnc2)cc1. The fourth-order valence-electron chi connectivity index (χ4n) is 6.58. The van der Waals surface area contributed by atoms with Gasteiger partial charge in [-0.1, -0.05) is 72.8 Å². The van der Waals surface area contributed by atoms with Gasteiger partial charge >= 0.3 is 0 Å². The predicted molar refractivity (Wildman–Crippen MR) is 161 cm³/mol. The first-order valence-corrected chi connectivity index (χ1v) is 13.2. The van der Waals surface area contributed by atoms with E-state index in [0.29, 0.717) is 0 Å². The Kier molecular flexibility index (Phi) is 4.02. The van der Waals surface area contributed by atoms with E-state index in [9.17, 15) is 0 Å². The molecule has 4 heteroatoms. The van der Waals surface area contributed by atoms with E-state index in [2.05, 4.69) is 134 Å². The lowest BCUT2D eigenvalue weighted by atomic mass is 10.1. The first-order chi connectivity index (χ1) is 19.4. The molecule has 0 spiro atoms. The Bertz CT molecular complexity index is 2220. The third kappa shape index (κ3) is 2.65. The highest BCUT2D eigenvalue weighted by Crippen LogP contribution is 2.51. The summed E-state index contributed by atoms with van der Waals surface area (Å²) in [6, 6.07) is 43.6. The minimum Gasteiger partial charge on any atom is -0.307 e. The molecule has 0 amide bonds. The molecule has 0 saturated carbocycles. The van der Waals surface area contributed by atoms with E-state index in [4.69, 9.17) is 0 Å². The minimum absolute atomic E-state index is 1.05. The number of anilines is 3. The molecule has 1 aliphatic heterocycles. The molecule has 0 fully saturated rings. The van der Waals surface area contributed by atoms with Crippen molar-refractivity contribution < 1.29 is 0 Å². The van der Waals surface area contributed by atoms with Crippen molar-refractivity contribution >= 4 is 60.7 Å². The molecule has 0 unspecified atom stereocenters. The molecule has 3 aromatic heterocycles. The summed E-state index contributed by atoms with van der Waals surface area (Å²) in [4.78, 5) is 6.79. The van der Waals surface area contributed by atoms with Gasteiger partial charge in [-0.2, -0.15) is 0 Å². The van der Waals surface area contributed by atoms with Crippen LogP contribution in [0, 0.1) is 0 Å². The molecular weight excluding hydrogens is 476 g/mol. The number of hydrogen-bond donors (Lipinski definition) is 0. The molecule has 0 atom stereocenters. The molecule has 0 radical (unpaired) electrons. The minimum atomic E-state index is 1.05. The molecule has 4 heterocycles. The molecular formula is C35H22N4. The summed E-state index contributed by atoms with van der Waals surface area (Å²) in [6.07, 6.45) is 3.77. The van der Waals surface area contributed by atoms with Crippen molar-refractivity contribution in [1.29, 1.82) is 0 Å². The number of hydrogen-bond acceptors (Lipinski definition) is 2. The summed E-state index contributed by atoms with van der Waals surface area (Å²) < 4.78 is 4.92. The van der Waals surface area contributed by atoms with Crippen molar-refractivity contribution in [1.82, 2.24) is 14.1 Å². The molecule has 0 saturated heterocycles. The van der Waals surface area contributed by atoms with E-state index in [0.717, 1.165) is 28.4 Å². The van der Waals surface area contributed by atoms with E-state index in [1.807, 2.05) is 18.5 Å². The van der Waals surface area contributed by atoms with Gasteiger partial charge < -0.3 is 14.0 Å². The van der Waals surface area contributed by atoms with Gasteiger partial charge in [0, 0.05) is 33.4 Å². The largest absolute Gasteiger partial charge is 0.307 e. The van der Waals surface area contributed by atoms with Gasteiger partial charge in [0.1, 0.15) is 0 Å². The van der Waals surface area contributed by atoms with E-state index in [1.54, 1.807) is 0 Å². The lowest BCUT2D eigenvalue weighted by molar-refractivity contribution is 1.10. The van der Waals surface area contributed by atoms with Crippen LogP contribution in [0.15, 0.2) is 134 Å². The van der Waals surface area contributed by atoms with E-state index in [-0.39, 0.29) is 0 Å². The number of nitrogens with zero attached hydrogens (tertiary/aromatic N) is 4. The van der Waals surface area contributed by atoms with Crippen molar-refractivity contribution in [3.05, 3.63) is 134 Å². The van der Waals surface area contributed by atoms with Crippen molar-refractivity contribution in [2.75, 3.05) is 4.90 Å². The summed E-state index contributed by atoms with van der Waals surface area (Å²) in [5, 5.41) is 5.02. The zero-order valence-electron chi connectivity index (χ0n) is 21.0. The van der Waals surface area contributed by atoms with Crippen molar-refractivity contribution in [3.63, 3.8) is 0 Å². The molecule has 0 bridgehead atoms. The monoisotopic (exact) mass is 498 g/mol. The zero-order valence-corrected chi connectivity index (χ0v) is 21.0. The molecule has 9 rings (SSSR count). The van der Waals surface area contributed by atoms with Crippen LogP contribution in [0.25, 0.3) is 55.0 Å². The fraction of sp³-hybridized carbons (Fsp3) is 0. The van der Waals surface area contributed by atoms with Gasteiger partial charge in [-0.15, -0.1) is 0 Å². The summed E-state index contributed by atoms with van der Waals surface area (Å²) in [5.41, 5.74) is 10.6. The van der Waals surface area contributed by atoms with Crippen molar-refractivity contribution in [2.45, 2.75) is 0 Å². The maximum atomic E-state index is 4.45. The van der Waals surface area contributed by atoms with Gasteiger partial charge in [0.05, 0.1) is 51.0 Å². The maximum absolute atomic E-state index is 4.45. The average molecular weight is 499 g/mol. The quantitative estimate of drug-likeness (QED) is 0.238. The normalized spacial score (nSPS) is 12.6. The summed E-state index contributed by atoms with van der Waals surface area (Å²) in [6.45, 7) is 0. The lowest BCUT2D eigenvalue weighted by Gasteiger charge is -2.32. The Morgan fingerprint density at radius 3 is 1.90 bits per heavy atom. The fourth-order valence-corrected chi connectivity index (χ4v) is 6.58. The second-order valence-electron chi connectivity index (χ2n) is 10.1. The number of rotatable bonds is 2. The summed E-state index contributed by atoms with van der Waals surface area (Å²) >= 11 is 0. The standard InChI is InChI=1S/C35H22N4/c1-2-10-23(11-3-1)38-29-15-5-4-13-25(29)27-19-20-28-26-14-8-18-32-33(26)39(35(28)34(27)38)31-17-7-6-16-30(31)37(32)24-12-9-21-36-22-24/h1-22H. The van der Waals surface area contributed by atoms with Crippen LogP contribution in [0.4, 0.5) is 17.1 Å². The highest BCUT2D eigenvalue weighted by Gasteiger charge is 2.30. The Balaban J connectivity index is 1.54. The Morgan fingerprint density at radius 2 is 1.05 bits per heavy atom. The lowest BCUT2D eigenvalue weighted by Crippen LogP contribution is -2.18. The summed E-state index contributed by atoms with van der Waals surface area (Å²) in [7, 11) is 0. The van der Waals surface area contributed by atoms with Gasteiger partial charge in [0.15, 0.2) is 0 Å². The van der Waals surface area contributed by atoms with Crippen LogP contribution in [0.2, 0.25) is 0 Å². The van der Waals surface area contributed by atoms with Crippen LogP contribution in [-0.4, -0.2) is 14.1 Å². The highest BCUT2D eigenvalue weighted by molar-refractivity contribution is 6.26. The van der Waals surface area contributed by atoms with Gasteiger partial charge in [0.25, 0.3) is 0 Å². The molecule has 4 nitrogen and oxygen atoms in total. The number of benzene rings is 5. The van der Waals surface area contributed by atoms with E-state index >= 15 is 0 Å². The second-order valence-corrected chi connectivity index (χ2v) is 10.1. The van der Waals surface area contributed by atoms with E-state index < -0.39 is 0 Å². The zero-order chi connectivity index (χ0) is 25.5. The molecule has 8 aromatic rings. The maximum Gasteiger partial charge on any atom is 0.0790 e. The molecule has 5 aromatic carbocycles. The number of aromatic nitrogens is 3. The first-order valence-electron chi connectivity index (χ1n) is 13.2. The topological polar surface area (TPSA) is 26.0 Å². The number of fused-ring (bicyclic) bond motifs is 9. The van der Waals surface area contributed by atoms with Gasteiger partial charge in [0.2, 0.25) is 0 Å². The van der Waals surface area contributed by atoms with Crippen molar-refractivity contribution in [3.8, 4) is 11.4 Å². The first kappa shape index (κ1) is 20.7. The number of para-hydroxylation sites is 5. The molecule has 182 valence electrons. The van der Waals surface area contributed by atoms with Crippen LogP contribution in [0.5, 0.6) is 0 Å². The molecule has 0 aliphatic carbocycles. The van der Waals surface area contributed by atoms with Gasteiger partial charge in [-0.05, 0) is 48.5 Å². The summed E-state index contributed by atoms with van der Waals surface area (Å²) in [5.74, 6) is 0. The molecule has 1 aliphatic rings. The van der Waals surface area contributed by atoms with Gasteiger partial charge in [-0.3, -0.25) is 4.98 Å². The van der Waals surface area contributed by atoms with E-state index in [1.165, 1.54) is 43.6 Å². The second kappa shape index (κ2) is 7.59. The van der Waals surface area contributed by atoms with Crippen LogP contribution < -0.4 is 4.90 Å². The average Bonchev–Trinajstić information content (AvgIpc) is 3.53. The van der Waals surface area contributed by atoms with Gasteiger partial charge in [-0.25, -0.2) is 0 Å².